The van der Waals surface area contributed by atoms with Crippen molar-refractivity contribution in [2.24, 2.45) is 0 Å². The van der Waals surface area contributed by atoms with Gasteiger partial charge in [0.1, 0.15) is 8.07 Å². The van der Waals surface area contributed by atoms with Crippen LogP contribution in [-0.4, -0.2) is 13.1 Å². The molecule has 14 heavy (non-hydrogen) atoms. The highest BCUT2D eigenvalue weighted by Gasteiger charge is 2.23. The second kappa shape index (κ2) is 4.56. The van der Waals surface area contributed by atoms with Crippen LogP contribution in [0.3, 0.4) is 0 Å². The van der Waals surface area contributed by atoms with E-state index >= 15 is 0 Å². The number of nitrogens with zero attached hydrogens (tertiary/aromatic N) is 1. The Balaban J connectivity index is 2.80. The van der Waals surface area contributed by atoms with E-state index in [2.05, 4.69) is 43.7 Å². The second-order valence-electron chi connectivity index (χ2n) is 4.43. The molecule has 76 valence electrons. The molecule has 0 spiro atoms. The minimum absolute atomic E-state index is 1.11. The van der Waals surface area contributed by atoms with Gasteiger partial charge in [0.05, 0.1) is 0 Å². The zero-order valence-corrected chi connectivity index (χ0v) is 10.4. The van der Waals surface area contributed by atoms with Gasteiger partial charge in [-0.2, -0.15) is 0 Å². The van der Waals surface area contributed by atoms with Gasteiger partial charge in [-0.05, 0) is 31.0 Å². The first-order valence-corrected chi connectivity index (χ1v) is 8.31. The van der Waals surface area contributed by atoms with E-state index in [9.17, 15) is 0 Å². The van der Waals surface area contributed by atoms with Crippen LogP contribution in [0.25, 0.3) is 0 Å². The Morgan fingerprint density at radius 3 is 2.64 bits per heavy atom. The highest BCUT2D eigenvalue weighted by atomic mass is 28.3. The topological polar surface area (TPSA) is 12.9 Å². The third kappa shape index (κ3) is 2.81. The van der Waals surface area contributed by atoms with Gasteiger partial charge in [0.25, 0.3) is 0 Å². The molecule has 1 heterocycles. The molecule has 0 saturated carbocycles. The van der Waals surface area contributed by atoms with Crippen molar-refractivity contribution in [3.8, 4) is 0 Å². The van der Waals surface area contributed by atoms with Gasteiger partial charge in [0.15, 0.2) is 0 Å². The third-order valence-corrected chi connectivity index (χ3v) is 5.80. The maximum Gasteiger partial charge on any atom is 0.105 e. The minimum atomic E-state index is -1.31. The third-order valence-electron chi connectivity index (χ3n) is 2.58. The summed E-state index contributed by atoms with van der Waals surface area (Å²) in [5, 5.41) is 1.31. The molecule has 0 aliphatic carbocycles. The second-order valence-corrected chi connectivity index (χ2v) is 9.21. The number of aromatic nitrogens is 1. The molecule has 0 aliphatic rings. The van der Waals surface area contributed by atoms with Gasteiger partial charge < -0.3 is 0 Å². The predicted octanol–water partition coefficient (Wildman–Crippen LogP) is 2.88. The Kier molecular flexibility index (Phi) is 3.64. The van der Waals surface area contributed by atoms with Crippen LogP contribution < -0.4 is 5.32 Å². The lowest BCUT2D eigenvalue weighted by Crippen LogP contribution is -2.42. The maximum absolute atomic E-state index is 4.53. The van der Waals surface area contributed by atoms with Gasteiger partial charge >= 0.3 is 0 Å². The molecule has 0 radical (unpaired) electrons. The highest BCUT2D eigenvalue weighted by molar-refractivity contribution is 6.89. The molecule has 0 aromatic carbocycles. The van der Waals surface area contributed by atoms with Crippen molar-refractivity contribution < 1.29 is 0 Å². The highest BCUT2D eigenvalue weighted by Crippen LogP contribution is 2.11. The molecule has 1 aromatic rings. The number of hydrogen-bond donors (Lipinski definition) is 0. The summed E-state index contributed by atoms with van der Waals surface area (Å²) >= 11 is 0. The first kappa shape index (κ1) is 11.2. The molecule has 0 aliphatic heterocycles. The summed E-state index contributed by atoms with van der Waals surface area (Å²) in [4.78, 5) is 4.53. The van der Waals surface area contributed by atoms with E-state index in [4.69, 9.17) is 0 Å². The van der Waals surface area contributed by atoms with E-state index in [0.717, 1.165) is 6.42 Å². The fraction of sp³-hybridized carbons (Fsp3) is 0.417. The average molecular weight is 205 g/mol. The van der Waals surface area contributed by atoms with Crippen molar-refractivity contribution in [3.63, 3.8) is 0 Å². The fourth-order valence-corrected chi connectivity index (χ4v) is 3.59. The Morgan fingerprint density at radius 2 is 2.14 bits per heavy atom. The van der Waals surface area contributed by atoms with E-state index in [0.29, 0.717) is 0 Å². The molecular formula is C12H19NSi. The van der Waals surface area contributed by atoms with Crippen molar-refractivity contribution in [2.75, 3.05) is 0 Å². The van der Waals surface area contributed by atoms with Crippen LogP contribution in [0.1, 0.15) is 12.0 Å². The summed E-state index contributed by atoms with van der Waals surface area (Å²) in [6.07, 6.45) is 5.08. The van der Waals surface area contributed by atoms with Crippen molar-refractivity contribution in [1.29, 1.82) is 0 Å². The van der Waals surface area contributed by atoms with Crippen molar-refractivity contribution in [3.05, 3.63) is 36.5 Å². The number of allylic oxidation sites excluding steroid dienone is 1. The van der Waals surface area contributed by atoms with Crippen LogP contribution in [-0.2, 0) is 0 Å². The Hall–Kier alpha value is -0.893. The first-order valence-electron chi connectivity index (χ1n) is 5.10. The van der Waals surface area contributed by atoms with Gasteiger partial charge in [0.2, 0.25) is 0 Å². The molecule has 0 amide bonds. The monoisotopic (exact) mass is 205 g/mol. The number of pyridine rings is 1. The SMILES string of the molecule is C=CCC[Si](C)(C)c1ccc(C)cn1. The summed E-state index contributed by atoms with van der Waals surface area (Å²) in [6.45, 7) is 10.6. The summed E-state index contributed by atoms with van der Waals surface area (Å²) < 4.78 is 0. The standard InChI is InChI=1S/C12H19NSi/c1-5-6-9-14(3,4)12-8-7-11(2)10-13-12/h5,7-8,10H,1,6,9H2,2-4H3. The van der Waals surface area contributed by atoms with Crippen LogP contribution in [0, 0.1) is 6.92 Å². The number of aryl methyl sites for hydroxylation is 1. The van der Waals surface area contributed by atoms with E-state index in [1.54, 1.807) is 0 Å². The van der Waals surface area contributed by atoms with Gasteiger partial charge in [-0.15, -0.1) is 6.58 Å². The molecule has 2 heteroatoms. The molecule has 1 nitrogen and oxygen atoms in total. The van der Waals surface area contributed by atoms with Crippen LogP contribution >= 0.6 is 0 Å². The Morgan fingerprint density at radius 1 is 1.43 bits per heavy atom. The molecule has 1 rings (SSSR count). The molecule has 0 unspecified atom stereocenters. The van der Waals surface area contributed by atoms with Crippen molar-refractivity contribution in [2.45, 2.75) is 32.5 Å². The lowest BCUT2D eigenvalue weighted by molar-refractivity contribution is 1.16. The van der Waals surface area contributed by atoms with Gasteiger partial charge in [-0.25, -0.2) is 0 Å². The summed E-state index contributed by atoms with van der Waals surface area (Å²) in [7, 11) is -1.31. The minimum Gasteiger partial charge on any atom is -0.266 e. The first-order chi connectivity index (χ1) is 6.56. The quantitative estimate of drug-likeness (QED) is 0.544. The van der Waals surface area contributed by atoms with Crippen molar-refractivity contribution >= 4 is 13.4 Å². The zero-order valence-electron chi connectivity index (χ0n) is 9.38. The normalized spacial score (nSPS) is 11.4. The fourth-order valence-electron chi connectivity index (χ4n) is 1.46. The molecule has 0 N–H and O–H groups in total. The molecule has 1 aromatic heterocycles. The summed E-state index contributed by atoms with van der Waals surface area (Å²) in [5.74, 6) is 0. The summed E-state index contributed by atoms with van der Waals surface area (Å²) in [5.41, 5.74) is 1.24. The van der Waals surface area contributed by atoms with E-state index in [1.807, 2.05) is 12.3 Å². The molecule has 0 atom stereocenters. The van der Waals surface area contributed by atoms with Gasteiger partial charge in [-0.1, -0.05) is 25.2 Å². The van der Waals surface area contributed by atoms with E-state index < -0.39 is 8.07 Å². The lowest BCUT2D eigenvalue weighted by Gasteiger charge is -2.20. The van der Waals surface area contributed by atoms with E-state index in [-0.39, 0.29) is 0 Å². The molecular weight excluding hydrogens is 186 g/mol. The largest absolute Gasteiger partial charge is 0.266 e. The van der Waals surface area contributed by atoms with Crippen LogP contribution in [0.2, 0.25) is 19.1 Å². The Labute approximate surface area is 87.9 Å². The number of hydrogen-bond acceptors (Lipinski definition) is 1. The van der Waals surface area contributed by atoms with Crippen LogP contribution in [0.15, 0.2) is 31.0 Å². The van der Waals surface area contributed by atoms with E-state index in [1.165, 1.54) is 16.9 Å². The van der Waals surface area contributed by atoms with Gasteiger partial charge in [0, 0.05) is 11.5 Å². The Bertz CT molecular complexity index is 301. The lowest BCUT2D eigenvalue weighted by atomic mass is 10.3. The maximum atomic E-state index is 4.53. The molecule has 0 fully saturated rings. The molecule has 0 saturated heterocycles. The van der Waals surface area contributed by atoms with Crippen molar-refractivity contribution in [1.82, 2.24) is 4.98 Å². The van der Waals surface area contributed by atoms with Crippen LogP contribution in [0.5, 0.6) is 0 Å². The smallest absolute Gasteiger partial charge is 0.105 e. The predicted molar refractivity (Wildman–Crippen MR) is 65.7 cm³/mol. The zero-order chi connectivity index (χ0) is 10.6. The molecule has 0 bridgehead atoms. The summed E-state index contributed by atoms with van der Waals surface area (Å²) in [6, 6.07) is 5.59. The van der Waals surface area contributed by atoms with Gasteiger partial charge in [-0.3, -0.25) is 4.98 Å². The number of rotatable bonds is 4. The van der Waals surface area contributed by atoms with Crippen LogP contribution in [0.4, 0.5) is 0 Å². The average Bonchev–Trinajstić information content (AvgIpc) is 2.16.